The number of carboxylic acids is 2. The molecule has 1 atom stereocenters. The van der Waals surface area contributed by atoms with Gasteiger partial charge >= 0.3 is 11.9 Å². The first-order valence-corrected chi connectivity index (χ1v) is 16.7. The molecule has 0 radical (unpaired) electrons. The normalized spacial score (nSPS) is 17.2. The molecule has 0 saturated heterocycles. The van der Waals surface area contributed by atoms with E-state index in [0.717, 1.165) is 0 Å². The van der Waals surface area contributed by atoms with E-state index in [0.29, 0.717) is 51.8 Å². The van der Waals surface area contributed by atoms with E-state index in [1.165, 1.54) is 7.11 Å². The zero-order valence-electron chi connectivity index (χ0n) is 29.3. The predicted molar refractivity (Wildman–Crippen MR) is 176 cm³/mol. The van der Waals surface area contributed by atoms with Crippen molar-refractivity contribution in [2.75, 3.05) is 59.8 Å². The number of nitrogens with one attached hydrogen (secondary N) is 4. The molecule has 15 heteroatoms. The Hall–Kier alpha value is -3.30. The summed E-state index contributed by atoms with van der Waals surface area (Å²) < 4.78 is 15.4. The monoisotopic (exact) mass is 686 g/mol. The van der Waals surface area contributed by atoms with Crippen LogP contribution in [0.2, 0.25) is 0 Å². The molecule has 4 amide bonds. The molecule has 0 aromatic heterocycles. The minimum Gasteiger partial charge on any atom is -0.481 e. The Labute approximate surface area is 284 Å². The maximum absolute atomic E-state index is 12.8. The average molecular weight is 687 g/mol. The highest BCUT2D eigenvalue weighted by molar-refractivity contribution is 5.85. The number of carbonyl (C=O) groups is 6. The van der Waals surface area contributed by atoms with Crippen LogP contribution in [0, 0.1) is 22.7 Å². The van der Waals surface area contributed by atoms with Gasteiger partial charge in [-0.15, -0.1) is 0 Å². The van der Waals surface area contributed by atoms with E-state index in [9.17, 15) is 33.9 Å². The Balaban J connectivity index is 2.27. The van der Waals surface area contributed by atoms with Crippen LogP contribution < -0.4 is 21.3 Å². The highest BCUT2D eigenvalue weighted by Crippen LogP contribution is 2.38. The van der Waals surface area contributed by atoms with E-state index in [2.05, 4.69) is 21.3 Å². The van der Waals surface area contributed by atoms with Gasteiger partial charge in [-0.3, -0.25) is 24.0 Å². The van der Waals surface area contributed by atoms with Gasteiger partial charge in [0.1, 0.15) is 12.6 Å². The van der Waals surface area contributed by atoms with Gasteiger partial charge in [-0.2, -0.15) is 0 Å². The van der Waals surface area contributed by atoms with Crippen LogP contribution in [-0.4, -0.2) is 112 Å². The van der Waals surface area contributed by atoms with Crippen LogP contribution in [0.3, 0.4) is 0 Å². The molecule has 276 valence electrons. The van der Waals surface area contributed by atoms with Crippen molar-refractivity contribution in [3.63, 3.8) is 0 Å². The number of carbonyl (C=O) groups excluding carboxylic acids is 4. The lowest BCUT2D eigenvalue weighted by molar-refractivity contribution is -0.143. The van der Waals surface area contributed by atoms with Crippen LogP contribution in [0.4, 0.5) is 0 Å². The maximum Gasteiger partial charge on any atom is 0.326 e. The third kappa shape index (κ3) is 20.2. The third-order valence-electron chi connectivity index (χ3n) is 8.11. The van der Waals surface area contributed by atoms with Crippen molar-refractivity contribution in [1.82, 2.24) is 21.3 Å². The van der Waals surface area contributed by atoms with Gasteiger partial charge in [-0.1, -0.05) is 27.7 Å². The van der Waals surface area contributed by atoms with E-state index in [4.69, 9.17) is 19.3 Å². The highest BCUT2D eigenvalue weighted by Gasteiger charge is 2.33. The molecule has 1 fully saturated rings. The molecular formula is C33H58N4O11. The lowest BCUT2D eigenvalue weighted by Crippen LogP contribution is -2.45. The molecule has 0 spiro atoms. The molecule has 6 N–H and O–H groups in total. The molecule has 0 aliphatic heterocycles. The van der Waals surface area contributed by atoms with Crippen LogP contribution in [0.5, 0.6) is 0 Å². The highest BCUT2D eigenvalue weighted by atomic mass is 16.5. The summed E-state index contributed by atoms with van der Waals surface area (Å²) in [4.78, 5) is 72.1. The number of hydrogen-bond donors (Lipinski definition) is 6. The van der Waals surface area contributed by atoms with Crippen LogP contribution in [-0.2, 0) is 43.0 Å². The number of aliphatic carboxylic acids is 2. The number of amides is 4. The summed E-state index contributed by atoms with van der Waals surface area (Å²) in [6, 6.07) is -1.19. The fraction of sp³-hybridized carbons (Fsp3) is 0.818. The Kier molecular flexibility index (Phi) is 19.9. The summed E-state index contributed by atoms with van der Waals surface area (Å²) in [6.45, 7) is 9.79. The first kappa shape index (κ1) is 42.7. The Morgan fingerprint density at radius 1 is 0.750 bits per heavy atom. The molecule has 0 heterocycles. The summed E-state index contributed by atoms with van der Waals surface area (Å²) in [5, 5.41) is 29.6. The van der Waals surface area contributed by atoms with Gasteiger partial charge in [-0.05, 0) is 55.3 Å². The van der Waals surface area contributed by atoms with Crippen molar-refractivity contribution in [2.45, 2.75) is 91.5 Å². The average Bonchev–Trinajstić information content (AvgIpc) is 2.98. The molecule has 0 bridgehead atoms. The van der Waals surface area contributed by atoms with E-state index >= 15 is 0 Å². The fourth-order valence-electron chi connectivity index (χ4n) is 6.12. The quantitative estimate of drug-likeness (QED) is 0.0756. The number of carboxylic acid groups (broad SMARTS) is 2. The standard InChI is InChI=1S/C33H58N4O11/c1-32(2,22-33(3,4)19-29(41)42)18-27(39)36-20-23-6-8-24(9-7-23)30(43)37-25(31(44)45)10-11-26(38)34-13-15-47-16-17-48-21-28(40)35-12-14-46-5/h23-25H,6-22H2,1-5H3,(H,34,38)(H,35,40)(H,36,39)(H,37,43)(H,41,42)(H,44,45). The summed E-state index contributed by atoms with van der Waals surface area (Å²) >= 11 is 0. The Morgan fingerprint density at radius 3 is 1.98 bits per heavy atom. The molecule has 1 unspecified atom stereocenters. The first-order chi connectivity index (χ1) is 22.5. The fourth-order valence-corrected chi connectivity index (χ4v) is 6.12. The number of hydrogen-bond acceptors (Lipinski definition) is 9. The molecule has 0 aromatic rings. The van der Waals surface area contributed by atoms with E-state index in [-0.39, 0.29) is 99.5 Å². The van der Waals surface area contributed by atoms with Crippen LogP contribution in [0.1, 0.15) is 85.5 Å². The van der Waals surface area contributed by atoms with Crippen LogP contribution >= 0.6 is 0 Å². The lowest BCUT2D eigenvalue weighted by atomic mass is 9.71. The molecule has 1 saturated carbocycles. The van der Waals surface area contributed by atoms with E-state index in [1.54, 1.807) is 0 Å². The zero-order valence-corrected chi connectivity index (χ0v) is 29.3. The van der Waals surface area contributed by atoms with Gasteiger partial charge < -0.3 is 45.7 Å². The first-order valence-electron chi connectivity index (χ1n) is 16.7. The third-order valence-corrected chi connectivity index (χ3v) is 8.11. The largest absolute Gasteiger partial charge is 0.481 e. The molecular weight excluding hydrogens is 628 g/mol. The molecule has 0 aromatic carbocycles. The van der Waals surface area contributed by atoms with Crippen molar-refractivity contribution in [2.24, 2.45) is 22.7 Å². The van der Waals surface area contributed by atoms with Gasteiger partial charge in [0, 0.05) is 45.5 Å². The van der Waals surface area contributed by atoms with Gasteiger partial charge in [0.05, 0.1) is 32.8 Å². The van der Waals surface area contributed by atoms with Crippen molar-refractivity contribution < 1.29 is 53.2 Å². The topological polar surface area (TPSA) is 219 Å². The summed E-state index contributed by atoms with van der Waals surface area (Å²) in [5.74, 6) is -3.26. The molecule has 1 rings (SSSR count). The Morgan fingerprint density at radius 2 is 1.35 bits per heavy atom. The van der Waals surface area contributed by atoms with E-state index in [1.807, 2.05) is 27.7 Å². The molecule has 1 aliphatic carbocycles. The second-order valence-electron chi connectivity index (χ2n) is 14.1. The minimum absolute atomic E-state index is 0.0346. The number of methoxy groups -OCH3 is 1. The van der Waals surface area contributed by atoms with Crippen molar-refractivity contribution in [3.05, 3.63) is 0 Å². The number of rotatable bonds is 25. The Bertz CT molecular complexity index is 1040. The number of ether oxygens (including phenoxy) is 3. The van der Waals surface area contributed by atoms with Gasteiger partial charge in [-0.25, -0.2) is 4.79 Å². The van der Waals surface area contributed by atoms with Crippen molar-refractivity contribution >= 4 is 35.6 Å². The van der Waals surface area contributed by atoms with Crippen LogP contribution in [0.25, 0.3) is 0 Å². The van der Waals surface area contributed by atoms with E-state index < -0.39 is 23.4 Å². The minimum atomic E-state index is -1.21. The summed E-state index contributed by atoms with van der Waals surface area (Å²) in [6.07, 6.45) is 3.34. The molecule has 1 aliphatic rings. The molecule has 48 heavy (non-hydrogen) atoms. The predicted octanol–water partition coefficient (Wildman–Crippen LogP) is 1.48. The second kappa shape index (κ2) is 22.4. The van der Waals surface area contributed by atoms with Crippen molar-refractivity contribution in [1.29, 1.82) is 0 Å². The SMILES string of the molecule is COCCNC(=O)COCCOCCNC(=O)CCC(NC(=O)C1CCC(CNC(=O)CC(C)(C)CC(C)(C)CC(=O)O)CC1)C(=O)O. The van der Waals surface area contributed by atoms with Gasteiger partial charge in [0.2, 0.25) is 23.6 Å². The maximum atomic E-state index is 12.8. The smallest absolute Gasteiger partial charge is 0.326 e. The summed E-state index contributed by atoms with van der Waals surface area (Å²) in [7, 11) is 1.54. The van der Waals surface area contributed by atoms with Crippen LogP contribution in [0.15, 0.2) is 0 Å². The lowest BCUT2D eigenvalue weighted by Gasteiger charge is -2.34. The summed E-state index contributed by atoms with van der Waals surface area (Å²) in [5.41, 5.74) is -0.794. The van der Waals surface area contributed by atoms with Gasteiger partial charge in [0.25, 0.3) is 0 Å². The zero-order chi connectivity index (χ0) is 36.2. The van der Waals surface area contributed by atoms with Crippen molar-refractivity contribution in [3.8, 4) is 0 Å². The molecule has 15 nitrogen and oxygen atoms in total. The van der Waals surface area contributed by atoms with Gasteiger partial charge in [0.15, 0.2) is 0 Å². The second-order valence-corrected chi connectivity index (χ2v) is 14.1.